The van der Waals surface area contributed by atoms with Gasteiger partial charge in [0.05, 0.1) is 6.10 Å². The number of amides is 1. The Hall–Kier alpha value is -2.26. The molecule has 0 aliphatic carbocycles. The molecule has 1 aromatic rings. The van der Waals surface area contributed by atoms with Crippen molar-refractivity contribution < 1.29 is 18.3 Å². The van der Waals surface area contributed by atoms with Gasteiger partial charge in [-0.2, -0.15) is 0 Å². The largest absolute Gasteiger partial charge is 0.376 e. The lowest BCUT2D eigenvalue weighted by molar-refractivity contribution is -0.127. The van der Waals surface area contributed by atoms with E-state index in [-0.39, 0.29) is 24.6 Å². The second kappa shape index (κ2) is 11.4. The number of carbonyl (C=O) groups is 1. The molecule has 2 heterocycles. The van der Waals surface area contributed by atoms with Gasteiger partial charge in [-0.05, 0) is 43.4 Å². The standard InChI is InChI=1S/C22H33F2N5O2/c1-28(2)21(30)14-26-22(25-13-18-4-3-11-31-18)27-17-7-9-29(10-8-17)15-16-5-6-19(23)20(24)12-16/h5-6,12,17-18H,3-4,7-11,13-15H2,1-2H3,(H2,25,26,27). The quantitative estimate of drug-likeness (QED) is 0.502. The Morgan fingerprint density at radius 2 is 2.00 bits per heavy atom. The lowest BCUT2D eigenvalue weighted by atomic mass is 10.0. The van der Waals surface area contributed by atoms with E-state index in [1.807, 2.05) is 0 Å². The lowest BCUT2D eigenvalue weighted by Crippen LogP contribution is -2.50. The number of hydrogen-bond donors (Lipinski definition) is 2. The minimum absolute atomic E-state index is 0.0560. The molecule has 2 N–H and O–H groups in total. The molecule has 31 heavy (non-hydrogen) atoms. The topological polar surface area (TPSA) is 69.2 Å². The van der Waals surface area contributed by atoms with Crippen LogP contribution in [0.5, 0.6) is 0 Å². The van der Waals surface area contributed by atoms with E-state index in [9.17, 15) is 13.6 Å². The van der Waals surface area contributed by atoms with Crippen molar-refractivity contribution in [1.82, 2.24) is 20.4 Å². The zero-order valence-corrected chi connectivity index (χ0v) is 18.4. The highest BCUT2D eigenvalue weighted by Crippen LogP contribution is 2.16. The smallest absolute Gasteiger partial charge is 0.243 e. The van der Waals surface area contributed by atoms with Crippen LogP contribution in [0.4, 0.5) is 8.78 Å². The van der Waals surface area contributed by atoms with E-state index in [1.165, 1.54) is 17.0 Å². The third-order valence-corrected chi connectivity index (χ3v) is 5.71. The predicted molar refractivity (Wildman–Crippen MR) is 116 cm³/mol. The zero-order chi connectivity index (χ0) is 22.2. The molecular weight excluding hydrogens is 404 g/mol. The molecule has 1 atom stereocenters. The van der Waals surface area contributed by atoms with Gasteiger partial charge >= 0.3 is 0 Å². The number of carbonyl (C=O) groups excluding carboxylic acids is 1. The summed E-state index contributed by atoms with van der Waals surface area (Å²) >= 11 is 0. The average Bonchev–Trinajstić information content (AvgIpc) is 3.27. The highest BCUT2D eigenvalue weighted by Gasteiger charge is 2.22. The third kappa shape index (κ3) is 7.43. The van der Waals surface area contributed by atoms with Crippen LogP contribution < -0.4 is 10.6 Å². The number of aliphatic imine (C=N–C) groups is 1. The summed E-state index contributed by atoms with van der Waals surface area (Å²) in [5, 5.41) is 6.77. The number of nitrogens with zero attached hydrogens (tertiary/aromatic N) is 3. The average molecular weight is 438 g/mol. The molecule has 2 fully saturated rings. The number of halogens is 2. The first-order chi connectivity index (χ1) is 14.9. The Kier molecular flexibility index (Phi) is 8.60. The molecule has 2 aliphatic heterocycles. The van der Waals surface area contributed by atoms with Crippen LogP contribution in [-0.4, -0.2) is 80.7 Å². The van der Waals surface area contributed by atoms with Gasteiger partial charge in [0, 0.05) is 52.9 Å². The maximum atomic E-state index is 13.4. The number of rotatable bonds is 7. The van der Waals surface area contributed by atoms with Crippen molar-refractivity contribution in [3.8, 4) is 0 Å². The van der Waals surface area contributed by atoms with Crippen LogP contribution in [0.25, 0.3) is 0 Å². The van der Waals surface area contributed by atoms with Gasteiger partial charge in [0.2, 0.25) is 5.91 Å². The molecule has 7 nitrogen and oxygen atoms in total. The molecule has 1 unspecified atom stereocenters. The number of piperidine rings is 1. The van der Waals surface area contributed by atoms with Crippen LogP contribution in [-0.2, 0) is 16.1 Å². The summed E-state index contributed by atoms with van der Waals surface area (Å²) in [6.07, 6.45) is 4.06. The number of likely N-dealkylation sites (tertiary alicyclic amines) is 1. The van der Waals surface area contributed by atoms with Gasteiger partial charge in [-0.3, -0.25) is 9.69 Å². The van der Waals surface area contributed by atoms with Gasteiger partial charge in [-0.25, -0.2) is 13.8 Å². The van der Waals surface area contributed by atoms with Crippen LogP contribution in [0.1, 0.15) is 31.2 Å². The van der Waals surface area contributed by atoms with Crippen molar-refractivity contribution in [2.24, 2.45) is 4.99 Å². The van der Waals surface area contributed by atoms with Gasteiger partial charge in [0.25, 0.3) is 0 Å². The predicted octanol–water partition coefficient (Wildman–Crippen LogP) is 1.73. The van der Waals surface area contributed by atoms with Crippen LogP contribution in [0.15, 0.2) is 23.2 Å². The molecule has 9 heteroatoms. The monoisotopic (exact) mass is 437 g/mol. The Bertz CT molecular complexity index is 760. The number of benzene rings is 1. The minimum Gasteiger partial charge on any atom is -0.376 e. The van der Waals surface area contributed by atoms with Gasteiger partial charge in [-0.15, -0.1) is 0 Å². The van der Waals surface area contributed by atoms with Crippen molar-refractivity contribution in [3.05, 3.63) is 35.4 Å². The SMILES string of the molecule is CN(C)C(=O)CN=C(NCC1CCCO1)NC1CCN(Cc2ccc(F)c(F)c2)CC1. The van der Waals surface area contributed by atoms with Crippen molar-refractivity contribution in [2.75, 3.05) is 46.9 Å². The molecule has 3 rings (SSSR count). The van der Waals surface area contributed by atoms with E-state index < -0.39 is 11.6 Å². The molecule has 0 radical (unpaired) electrons. The van der Waals surface area contributed by atoms with E-state index in [0.29, 0.717) is 19.0 Å². The first kappa shape index (κ1) is 23.4. The fourth-order valence-electron chi connectivity index (χ4n) is 3.78. The van der Waals surface area contributed by atoms with E-state index in [0.717, 1.165) is 50.9 Å². The third-order valence-electron chi connectivity index (χ3n) is 5.71. The first-order valence-corrected chi connectivity index (χ1v) is 10.9. The molecular formula is C22H33F2N5O2. The summed E-state index contributed by atoms with van der Waals surface area (Å²) in [5.74, 6) is -1.05. The fraction of sp³-hybridized carbons (Fsp3) is 0.636. The minimum atomic E-state index is -0.818. The van der Waals surface area contributed by atoms with Gasteiger partial charge in [0.1, 0.15) is 6.54 Å². The Morgan fingerprint density at radius 1 is 1.23 bits per heavy atom. The summed E-state index contributed by atoms with van der Waals surface area (Å²) in [6.45, 7) is 3.82. The van der Waals surface area contributed by atoms with Crippen LogP contribution in [0.3, 0.4) is 0 Å². The maximum absolute atomic E-state index is 13.4. The van der Waals surface area contributed by atoms with Crippen molar-refractivity contribution in [2.45, 2.75) is 44.4 Å². The molecule has 0 spiro atoms. The van der Waals surface area contributed by atoms with E-state index >= 15 is 0 Å². The number of nitrogens with one attached hydrogen (secondary N) is 2. The second-order valence-electron chi connectivity index (χ2n) is 8.41. The molecule has 2 aliphatic rings. The Morgan fingerprint density at radius 3 is 2.65 bits per heavy atom. The lowest BCUT2D eigenvalue weighted by Gasteiger charge is -2.33. The highest BCUT2D eigenvalue weighted by molar-refractivity contribution is 5.85. The van der Waals surface area contributed by atoms with E-state index in [4.69, 9.17) is 4.74 Å². The Balaban J connectivity index is 1.50. The normalized spacial score (nSPS) is 20.6. The van der Waals surface area contributed by atoms with Gasteiger partial charge in [0.15, 0.2) is 17.6 Å². The molecule has 2 saturated heterocycles. The van der Waals surface area contributed by atoms with E-state index in [2.05, 4.69) is 20.5 Å². The Labute approximate surface area is 182 Å². The molecule has 0 bridgehead atoms. The number of likely N-dealkylation sites (N-methyl/N-ethyl adjacent to an activating group) is 1. The molecule has 172 valence electrons. The number of ether oxygens (including phenoxy) is 1. The summed E-state index contributed by atoms with van der Waals surface area (Å²) < 4.78 is 32.2. The number of hydrogen-bond acceptors (Lipinski definition) is 4. The molecule has 0 aromatic heterocycles. The van der Waals surface area contributed by atoms with Crippen molar-refractivity contribution in [3.63, 3.8) is 0 Å². The first-order valence-electron chi connectivity index (χ1n) is 10.9. The highest BCUT2D eigenvalue weighted by atomic mass is 19.2. The van der Waals surface area contributed by atoms with Crippen molar-refractivity contribution >= 4 is 11.9 Å². The zero-order valence-electron chi connectivity index (χ0n) is 18.4. The molecule has 1 amide bonds. The van der Waals surface area contributed by atoms with Crippen molar-refractivity contribution in [1.29, 1.82) is 0 Å². The van der Waals surface area contributed by atoms with Crippen LogP contribution in [0.2, 0.25) is 0 Å². The van der Waals surface area contributed by atoms with Crippen LogP contribution >= 0.6 is 0 Å². The number of guanidine groups is 1. The van der Waals surface area contributed by atoms with Crippen LogP contribution in [0, 0.1) is 11.6 Å². The summed E-state index contributed by atoms with van der Waals surface area (Å²) in [4.78, 5) is 20.2. The molecule has 1 aromatic carbocycles. The summed E-state index contributed by atoms with van der Waals surface area (Å²) in [5.41, 5.74) is 0.771. The maximum Gasteiger partial charge on any atom is 0.243 e. The summed E-state index contributed by atoms with van der Waals surface area (Å²) in [7, 11) is 3.43. The fourth-order valence-corrected chi connectivity index (χ4v) is 3.78. The van der Waals surface area contributed by atoms with Gasteiger partial charge < -0.3 is 20.3 Å². The second-order valence-corrected chi connectivity index (χ2v) is 8.41. The summed E-state index contributed by atoms with van der Waals surface area (Å²) in [6, 6.07) is 4.30. The van der Waals surface area contributed by atoms with Gasteiger partial charge in [-0.1, -0.05) is 6.07 Å². The molecule has 0 saturated carbocycles. The van der Waals surface area contributed by atoms with E-state index in [1.54, 1.807) is 20.2 Å².